The van der Waals surface area contributed by atoms with Crippen molar-refractivity contribution in [3.05, 3.63) is 0 Å². The molecule has 0 fully saturated rings. The van der Waals surface area contributed by atoms with Crippen LogP contribution < -0.4 is 10.6 Å². The fourth-order valence-corrected chi connectivity index (χ4v) is 0.974. The van der Waals surface area contributed by atoms with Gasteiger partial charge in [-0.25, -0.2) is 9.59 Å². The van der Waals surface area contributed by atoms with Crippen molar-refractivity contribution < 1.29 is 19.4 Å². The molecule has 2 amide bonds. The number of hydrogen-bond donors (Lipinski definition) is 3. The summed E-state index contributed by atoms with van der Waals surface area (Å²) in [5.41, 5.74) is -0.176. The van der Waals surface area contributed by atoms with Gasteiger partial charge in [0.15, 0.2) is 6.10 Å². The van der Waals surface area contributed by atoms with Crippen molar-refractivity contribution in [2.75, 3.05) is 34.3 Å². The lowest BCUT2D eigenvalue weighted by Crippen LogP contribution is -2.51. The molecule has 7 heteroatoms. The summed E-state index contributed by atoms with van der Waals surface area (Å²) in [5.74, 6) is -1.11. The van der Waals surface area contributed by atoms with E-state index >= 15 is 0 Å². The first-order valence-corrected chi connectivity index (χ1v) is 5.65. The smallest absolute Gasteiger partial charge is 0.334 e. The van der Waals surface area contributed by atoms with Crippen LogP contribution in [-0.4, -0.2) is 67.9 Å². The number of rotatable bonds is 7. The van der Waals surface area contributed by atoms with Crippen LogP contribution >= 0.6 is 0 Å². The number of carbonyl (C=O) groups excluding carboxylic acids is 1. The second kappa shape index (κ2) is 7.17. The maximum absolute atomic E-state index is 11.5. The summed E-state index contributed by atoms with van der Waals surface area (Å²) in [7, 11) is 5.13. The average Bonchev–Trinajstić information content (AvgIpc) is 2.26. The Bertz CT molecular complexity index is 292. The molecule has 0 heterocycles. The summed E-state index contributed by atoms with van der Waals surface area (Å²) >= 11 is 0. The fourth-order valence-electron chi connectivity index (χ4n) is 0.974. The number of nitrogens with zero attached hydrogens (tertiary/aromatic N) is 1. The normalized spacial score (nSPS) is 13.2. The summed E-state index contributed by atoms with van der Waals surface area (Å²) in [4.78, 5) is 24.1. The van der Waals surface area contributed by atoms with Crippen molar-refractivity contribution in [2.24, 2.45) is 0 Å². The first kappa shape index (κ1) is 16.7. The van der Waals surface area contributed by atoms with Crippen molar-refractivity contribution in [1.29, 1.82) is 0 Å². The summed E-state index contributed by atoms with van der Waals surface area (Å²) in [6, 6.07) is -0.409. The Hall–Kier alpha value is -1.34. The van der Waals surface area contributed by atoms with E-state index in [1.165, 1.54) is 7.11 Å². The first-order chi connectivity index (χ1) is 8.20. The van der Waals surface area contributed by atoms with Gasteiger partial charge in [-0.05, 0) is 27.9 Å². The quantitative estimate of drug-likeness (QED) is 0.586. The van der Waals surface area contributed by atoms with E-state index in [9.17, 15) is 9.59 Å². The van der Waals surface area contributed by atoms with Crippen molar-refractivity contribution in [2.45, 2.75) is 25.5 Å². The van der Waals surface area contributed by atoms with Crippen LogP contribution in [0.5, 0.6) is 0 Å². The number of aliphatic carboxylic acids is 1. The third kappa shape index (κ3) is 5.83. The molecule has 0 aliphatic carbocycles. The molecular formula is C11H23N3O4. The second-order valence-corrected chi connectivity index (χ2v) is 4.83. The van der Waals surface area contributed by atoms with Crippen LogP contribution in [0, 0.1) is 0 Å². The highest BCUT2D eigenvalue weighted by Gasteiger charge is 2.22. The minimum atomic E-state index is -1.11. The van der Waals surface area contributed by atoms with Gasteiger partial charge in [-0.3, -0.25) is 0 Å². The summed E-state index contributed by atoms with van der Waals surface area (Å²) in [6.45, 7) is 4.36. The van der Waals surface area contributed by atoms with Crippen LogP contribution in [0.25, 0.3) is 0 Å². The van der Waals surface area contributed by atoms with Gasteiger partial charge in [0.25, 0.3) is 0 Å². The third-order valence-electron chi connectivity index (χ3n) is 2.90. The largest absolute Gasteiger partial charge is 0.479 e. The molecule has 1 unspecified atom stereocenters. The zero-order valence-electron chi connectivity index (χ0n) is 11.6. The molecular weight excluding hydrogens is 238 g/mol. The van der Waals surface area contributed by atoms with Gasteiger partial charge < -0.3 is 25.4 Å². The highest BCUT2D eigenvalue weighted by atomic mass is 16.5. The zero-order valence-corrected chi connectivity index (χ0v) is 11.6. The van der Waals surface area contributed by atoms with E-state index in [-0.39, 0.29) is 12.1 Å². The molecule has 18 heavy (non-hydrogen) atoms. The molecule has 0 aliphatic rings. The van der Waals surface area contributed by atoms with Gasteiger partial charge in [-0.1, -0.05) is 0 Å². The second-order valence-electron chi connectivity index (χ2n) is 4.83. The number of amides is 2. The van der Waals surface area contributed by atoms with E-state index in [1.807, 2.05) is 32.8 Å². The predicted molar refractivity (Wildman–Crippen MR) is 67.6 cm³/mol. The predicted octanol–water partition coefficient (Wildman–Crippen LogP) is -0.275. The number of likely N-dealkylation sites (N-methyl/N-ethyl adjacent to an activating group) is 1. The number of nitrogens with one attached hydrogen (secondary N) is 2. The third-order valence-corrected chi connectivity index (χ3v) is 2.90. The summed E-state index contributed by atoms with van der Waals surface area (Å²) < 4.78 is 4.70. The van der Waals surface area contributed by atoms with Crippen molar-refractivity contribution in [3.8, 4) is 0 Å². The standard InChI is InChI=1S/C11H23N3O4/c1-11(2,14(3)4)7-13-10(17)12-6-8(18-5)9(15)16/h8H,6-7H2,1-5H3,(H,15,16)(H2,12,13,17). The number of carbonyl (C=O) groups is 2. The Balaban J connectivity index is 4.03. The van der Waals surface area contributed by atoms with Crippen LogP contribution in [0.4, 0.5) is 4.79 Å². The van der Waals surface area contributed by atoms with Gasteiger partial charge in [0.05, 0.1) is 6.54 Å². The highest BCUT2D eigenvalue weighted by molar-refractivity contribution is 5.76. The van der Waals surface area contributed by atoms with Crippen LogP contribution in [0.15, 0.2) is 0 Å². The first-order valence-electron chi connectivity index (χ1n) is 5.65. The molecule has 0 rings (SSSR count). The molecule has 0 bridgehead atoms. The number of methoxy groups -OCH3 is 1. The fraction of sp³-hybridized carbons (Fsp3) is 0.818. The van der Waals surface area contributed by atoms with Crippen molar-refractivity contribution >= 4 is 12.0 Å². The Labute approximate surface area is 107 Å². The monoisotopic (exact) mass is 261 g/mol. The average molecular weight is 261 g/mol. The number of urea groups is 1. The molecule has 0 aromatic heterocycles. The molecule has 0 aromatic carbocycles. The van der Waals surface area contributed by atoms with Gasteiger partial charge in [-0.15, -0.1) is 0 Å². The SMILES string of the molecule is COC(CNC(=O)NCC(C)(C)N(C)C)C(=O)O. The van der Waals surface area contributed by atoms with E-state index in [2.05, 4.69) is 10.6 Å². The summed E-state index contributed by atoms with van der Waals surface area (Å²) in [6.07, 6.45) is -1.03. The molecule has 0 saturated heterocycles. The highest BCUT2D eigenvalue weighted by Crippen LogP contribution is 2.07. The maximum Gasteiger partial charge on any atom is 0.334 e. The Morgan fingerprint density at radius 1 is 1.33 bits per heavy atom. The minimum absolute atomic E-state index is 0.0694. The minimum Gasteiger partial charge on any atom is -0.479 e. The topological polar surface area (TPSA) is 90.9 Å². The number of carboxylic acid groups (broad SMARTS) is 1. The lowest BCUT2D eigenvalue weighted by Gasteiger charge is -2.32. The van der Waals surface area contributed by atoms with Crippen LogP contribution in [0.2, 0.25) is 0 Å². The van der Waals surface area contributed by atoms with Gasteiger partial charge >= 0.3 is 12.0 Å². The molecule has 0 saturated carbocycles. The van der Waals surface area contributed by atoms with Crippen LogP contribution in [0.1, 0.15) is 13.8 Å². The van der Waals surface area contributed by atoms with Gasteiger partial charge in [0.2, 0.25) is 0 Å². The van der Waals surface area contributed by atoms with Crippen molar-refractivity contribution in [3.63, 3.8) is 0 Å². The number of carboxylic acids is 1. The number of hydrogen-bond acceptors (Lipinski definition) is 4. The van der Waals surface area contributed by atoms with Gasteiger partial charge in [-0.2, -0.15) is 0 Å². The molecule has 106 valence electrons. The molecule has 0 aromatic rings. The van der Waals surface area contributed by atoms with E-state index in [0.717, 1.165) is 0 Å². The molecule has 0 radical (unpaired) electrons. The van der Waals surface area contributed by atoms with Crippen molar-refractivity contribution in [1.82, 2.24) is 15.5 Å². The van der Waals surface area contributed by atoms with E-state index in [0.29, 0.717) is 6.54 Å². The van der Waals surface area contributed by atoms with Crippen LogP contribution in [-0.2, 0) is 9.53 Å². The maximum atomic E-state index is 11.5. The van der Waals surface area contributed by atoms with E-state index in [1.54, 1.807) is 0 Å². The molecule has 1 atom stereocenters. The van der Waals surface area contributed by atoms with E-state index < -0.39 is 18.1 Å². The lowest BCUT2D eigenvalue weighted by atomic mass is 10.1. The van der Waals surface area contributed by atoms with Gasteiger partial charge in [0, 0.05) is 19.2 Å². The van der Waals surface area contributed by atoms with E-state index in [4.69, 9.17) is 9.84 Å². The molecule has 3 N–H and O–H groups in total. The van der Waals surface area contributed by atoms with Gasteiger partial charge in [0.1, 0.15) is 0 Å². The lowest BCUT2D eigenvalue weighted by molar-refractivity contribution is -0.147. The molecule has 7 nitrogen and oxygen atoms in total. The number of ether oxygens (including phenoxy) is 1. The molecule has 0 spiro atoms. The Morgan fingerprint density at radius 3 is 2.28 bits per heavy atom. The summed E-state index contributed by atoms with van der Waals surface area (Å²) in [5, 5.41) is 13.8. The van der Waals surface area contributed by atoms with Crippen LogP contribution in [0.3, 0.4) is 0 Å². The molecule has 0 aliphatic heterocycles. The Morgan fingerprint density at radius 2 is 1.89 bits per heavy atom. The Kier molecular flexibility index (Phi) is 6.64. The zero-order chi connectivity index (χ0) is 14.3.